The van der Waals surface area contributed by atoms with Gasteiger partial charge in [0.2, 0.25) is 5.78 Å². The van der Waals surface area contributed by atoms with Gasteiger partial charge in [-0.25, -0.2) is 4.98 Å². The number of aromatic nitrogens is 3. The summed E-state index contributed by atoms with van der Waals surface area (Å²) in [5, 5.41) is 9.95. The zero-order valence-electron chi connectivity index (χ0n) is 13.0. The molecular weight excluding hydrogens is 288 g/mol. The third kappa shape index (κ3) is 3.11. The zero-order valence-corrected chi connectivity index (χ0v) is 13.0. The van der Waals surface area contributed by atoms with Crippen molar-refractivity contribution in [3.63, 3.8) is 0 Å². The minimum Gasteiger partial charge on any atom is -0.507 e. The normalized spacial score (nSPS) is 10.5. The number of fused-ring (bicyclic) bond motifs is 1. The topological polar surface area (TPSA) is 76.4 Å². The van der Waals surface area contributed by atoms with Gasteiger partial charge in [-0.05, 0) is 18.6 Å². The second kappa shape index (κ2) is 6.41. The zero-order chi connectivity index (χ0) is 16.2. The Balaban J connectivity index is 2.00. The molecule has 3 rings (SSSR count). The number of hydrogen-bond donors (Lipinski definition) is 2. The van der Waals surface area contributed by atoms with E-state index in [0.29, 0.717) is 28.4 Å². The first-order chi connectivity index (χ1) is 11.2. The van der Waals surface area contributed by atoms with E-state index in [1.165, 1.54) is 0 Å². The van der Waals surface area contributed by atoms with Crippen LogP contribution in [0.2, 0.25) is 0 Å². The van der Waals surface area contributed by atoms with Crippen molar-refractivity contribution in [2.75, 3.05) is 5.73 Å². The predicted molar refractivity (Wildman–Crippen MR) is 90.9 cm³/mol. The van der Waals surface area contributed by atoms with Gasteiger partial charge in [0.05, 0.1) is 11.3 Å². The highest BCUT2D eigenvalue weighted by molar-refractivity contribution is 5.68. The first-order valence-electron chi connectivity index (χ1n) is 7.61. The number of phenols is 1. The van der Waals surface area contributed by atoms with E-state index in [-0.39, 0.29) is 5.75 Å². The molecule has 5 heteroatoms. The standard InChI is InChI=1S/C18H18N4O/c1-2-3-4-5-8-13-11-22-12-15(20-18(22)21-17(13)19)14-9-6-7-10-16(14)23/h6-7,9-12,23H,2-4H2,1H3,(H2,19,20,21). The Labute approximate surface area is 134 Å². The van der Waals surface area contributed by atoms with Gasteiger partial charge < -0.3 is 10.8 Å². The number of imidazole rings is 1. The summed E-state index contributed by atoms with van der Waals surface area (Å²) < 4.78 is 1.78. The van der Waals surface area contributed by atoms with Crippen molar-refractivity contribution in [3.05, 3.63) is 42.2 Å². The molecule has 0 aliphatic carbocycles. The van der Waals surface area contributed by atoms with Gasteiger partial charge in [0.1, 0.15) is 11.6 Å². The summed E-state index contributed by atoms with van der Waals surface area (Å²) in [6.07, 6.45) is 6.68. The fourth-order valence-corrected chi connectivity index (χ4v) is 2.27. The van der Waals surface area contributed by atoms with Crippen molar-refractivity contribution in [3.8, 4) is 28.8 Å². The second-order valence-electron chi connectivity index (χ2n) is 5.30. The molecule has 5 nitrogen and oxygen atoms in total. The van der Waals surface area contributed by atoms with Gasteiger partial charge in [0, 0.05) is 24.4 Å². The van der Waals surface area contributed by atoms with Gasteiger partial charge in [0.15, 0.2) is 0 Å². The van der Waals surface area contributed by atoms with Crippen molar-refractivity contribution in [1.82, 2.24) is 14.4 Å². The van der Waals surface area contributed by atoms with Crippen LogP contribution >= 0.6 is 0 Å². The summed E-state index contributed by atoms with van der Waals surface area (Å²) in [6, 6.07) is 7.07. The highest BCUT2D eigenvalue weighted by atomic mass is 16.3. The van der Waals surface area contributed by atoms with Crippen LogP contribution in [0.4, 0.5) is 5.82 Å². The fourth-order valence-electron chi connectivity index (χ4n) is 2.27. The smallest absolute Gasteiger partial charge is 0.236 e. The largest absolute Gasteiger partial charge is 0.507 e. The average Bonchev–Trinajstić information content (AvgIpc) is 2.94. The lowest BCUT2D eigenvalue weighted by Crippen LogP contribution is -1.99. The minimum absolute atomic E-state index is 0.184. The summed E-state index contributed by atoms with van der Waals surface area (Å²) in [6.45, 7) is 2.13. The first kappa shape index (κ1) is 14.9. The van der Waals surface area contributed by atoms with E-state index >= 15 is 0 Å². The number of nitrogen functional groups attached to an aromatic ring is 1. The number of nitrogens with two attached hydrogens (primary N) is 1. The van der Waals surface area contributed by atoms with Crippen LogP contribution in [-0.4, -0.2) is 19.5 Å². The van der Waals surface area contributed by atoms with E-state index in [9.17, 15) is 5.11 Å². The monoisotopic (exact) mass is 306 g/mol. The summed E-state index contributed by atoms with van der Waals surface area (Å²) in [5.74, 6) is 7.22. The van der Waals surface area contributed by atoms with E-state index in [1.54, 1.807) is 16.5 Å². The lowest BCUT2D eigenvalue weighted by molar-refractivity contribution is 0.477. The van der Waals surface area contributed by atoms with Crippen molar-refractivity contribution in [2.24, 2.45) is 0 Å². The second-order valence-corrected chi connectivity index (χ2v) is 5.30. The van der Waals surface area contributed by atoms with E-state index in [2.05, 4.69) is 28.7 Å². The number of benzene rings is 1. The van der Waals surface area contributed by atoms with E-state index < -0.39 is 0 Å². The van der Waals surface area contributed by atoms with Crippen molar-refractivity contribution in [2.45, 2.75) is 26.2 Å². The molecule has 0 aliphatic heterocycles. The van der Waals surface area contributed by atoms with Crippen LogP contribution in [0.15, 0.2) is 36.7 Å². The molecular formula is C18H18N4O. The van der Waals surface area contributed by atoms with Crippen molar-refractivity contribution in [1.29, 1.82) is 0 Å². The molecule has 0 fully saturated rings. The molecule has 0 amide bonds. The Hall–Kier alpha value is -3.00. The minimum atomic E-state index is 0.184. The molecule has 0 saturated heterocycles. The maximum absolute atomic E-state index is 9.95. The van der Waals surface area contributed by atoms with Crippen LogP contribution in [0, 0.1) is 11.8 Å². The number of para-hydroxylation sites is 1. The van der Waals surface area contributed by atoms with Crippen LogP contribution in [0.25, 0.3) is 17.0 Å². The number of unbranched alkanes of at least 4 members (excludes halogenated alkanes) is 2. The van der Waals surface area contributed by atoms with Crippen LogP contribution in [0.5, 0.6) is 5.75 Å². The number of aromatic hydroxyl groups is 1. The number of rotatable bonds is 3. The number of nitrogens with zero attached hydrogens (tertiary/aromatic N) is 3. The molecule has 0 aliphatic rings. The Morgan fingerprint density at radius 3 is 2.83 bits per heavy atom. The van der Waals surface area contributed by atoms with Crippen LogP contribution in [-0.2, 0) is 0 Å². The van der Waals surface area contributed by atoms with E-state index in [0.717, 1.165) is 19.3 Å². The third-order valence-electron chi connectivity index (χ3n) is 3.54. The van der Waals surface area contributed by atoms with Gasteiger partial charge in [-0.3, -0.25) is 4.40 Å². The fraction of sp³-hybridized carbons (Fsp3) is 0.222. The average molecular weight is 306 g/mol. The first-order valence-corrected chi connectivity index (χ1v) is 7.61. The van der Waals surface area contributed by atoms with Gasteiger partial charge in [0.25, 0.3) is 0 Å². The molecule has 23 heavy (non-hydrogen) atoms. The van der Waals surface area contributed by atoms with Crippen LogP contribution in [0.1, 0.15) is 31.7 Å². The van der Waals surface area contributed by atoms with Crippen LogP contribution < -0.4 is 5.73 Å². The molecule has 2 heterocycles. The molecule has 0 saturated carbocycles. The Bertz CT molecular complexity index is 902. The molecule has 0 bridgehead atoms. The third-order valence-corrected chi connectivity index (χ3v) is 3.54. The molecule has 0 radical (unpaired) electrons. The lowest BCUT2D eigenvalue weighted by atomic mass is 10.1. The Morgan fingerprint density at radius 1 is 1.22 bits per heavy atom. The van der Waals surface area contributed by atoms with Gasteiger partial charge in [-0.1, -0.05) is 37.3 Å². The molecule has 3 aromatic rings. The maximum atomic E-state index is 9.95. The molecule has 2 aromatic heterocycles. The highest BCUT2D eigenvalue weighted by Crippen LogP contribution is 2.28. The van der Waals surface area contributed by atoms with E-state index in [4.69, 9.17) is 5.73 Å². The number of hydrogen-bond acceptors (Lipinski definition) is 4. The van der Waals surface area contributed by atoms with Crippen LogP contribution in [0.3, 0.4) is 0 Å². The summed E-state index contributed by atoms with van der Waals surface area (Å²) in [7, 11) is 0. The van der Waals surface area contributed by atoms with Gasteiger partial charge in [-0.15, -0.1) is 0 Å². The summed E-state index contributed by atoms with van der Waals surface area (Å²) in [5.41, 5.74) is 7.96. The van der Waals surface area contributed by atoms with Gasteiger partial charge >= 0.3 is 0 Å². The quantitative estimate of drug-likeness (QED) is 0.575. The highest BCUT2D eigenvalue weighted by Gasteiger charge is 2.10. The molecule has 3 N–H and O–H groups in total. The molecule has 1 aromatic carbocycles. The Kier molecular flexibility index (Phi) is 4.15. The molecule has 0 unspecified atom stereocenters. The number of anilines is 1. The molecule has 116 valence electrons. The van der Waals surface area contributed by atoms with Gasteiger partial charge in [-0.2, -0.15) is 4.98 Å². The van der Waals surface area contributed by atoms with Crippen molar-refractivity contribution >= 4 is 11.6 Å². The lowest BCUT2D eigenvalue weighted by Gasteiger charge is -1.98. The summed E-state index contributed by atoms with van der Waals surface area (Å²) in [4.78, 5) is 8.71. The van der Waals surface area contributed by atoms with E-state index in [1.807, 2.05) is 24.5 Å². The predicted octanol–water partition coefficient (Wildman–Crippen LogP) is 3.23. The number of phenolic OH excluding ortho intramolecular Hbond substituents is 1. The Morgan fingerprint density at radius 2 is 2.04 bits per heavy atom. The summed E-state index contributed by atoms with van der Waals surface area (Å²) >= 11 is 0. The van der Waals surface area contributed by atoms with Crippen molar-refractivity contribution < 1.29 is 5.11 Å². The molecule has 0 atom stereocenters. The maximum Gasteiger partial charge on any atom is 0.236 e. The SMILES string of the molecule is CCCCC#Cc1cn2cc(-c3ccccc3O)nc2nc1N. The molecule has 0 spiro atoms.